The number of carbonyl (C=O) groups excluding carboxylic acids is 1. The molecule has 0 aromatic rings. The van der Waals surface area contributed by atoms with Crippen LogP contribution in [0.25, 0.3) is 0 Å². The number of carbonyl (C=O) groups is 1. The number of ether oxygens (including phenoxy) is 2. The summed E-state index contributed by atoms with van der Waals surface area (Å²) in [4.78, 5) is 12.0. The predicted molar refractivity (Wildman–Crippen MR) is 76.1 cm³/mol. The monoisotopic (exact) mass is 281 g/mol. The average Bonchev–Trinajstić information content (AvgIpc) is 2.66. The quantitative estimate of drug-likeness (QED) is 0.620. The zero-order valence-electron chi connectivity index (χ0n) is 12.9. The molecule has 1 saturated heterocycles. The Morgan fingerprint density at radius 3 is 2.80 bits per heavy atom. The van der Waals surface area contributed by atoms with Crippen LogP contribution in [-0.2, 0) is 14.3 Å². The van der Waals surface area contributed by atoms with Gasteiger partial charge in [0.1, 0.15) is 0 Å². The summed E-state index contributed by atoms with van der Waals surface area (Å²) in [6.07, 6.45) is 5.32. The first-order valence-electron chi connectivity index (χ1n) is 7.86. The summed E-state index contributed by atoms with van der Waals surface area (Å²) in [5.74, 6) is -0.0567. The topological polar surface area (TPSA) is 61.5 Å². The first-order valence-corrected chi connectivity index (χ1v) is 7.86. The lowest BCUT2D eigenvalue weighted by Gasteiger charge is -2.27. The fourth-order valence-electron chi connectivity index (χ4n) is 5.28. The van der Waals surface area contributed by atoms with Gasteiger partial charge in [-0.1, -0.05) is 13.8 Å². The van der Waals surface area contributed by atoms with Crippen molar-refractivity contribution < 1.29 is 14.3 Å². The summed E-state index contributed by atoms with van der Waals surface area (Å²) in [6, 6.07) is 0. The minimum atomic E-state index is -0.0567. The van der Waals surface area contributed by atoms with Crippen molar-refractivity contribution in [1.82, 2.24) is 0 Å². The zero-order valence-corrected chi connectivity index (χ0v) is 12.9. The molecule has 3 aliphatic rings. The van der Waals surface area contributed by atoms with Crippen LogP contribution in [0.5, 0.6) is 0 Å². The molecule has 2 saturated carbocycles. The molecule has 0 aromatic carbocycles. The van der Waals surface area contributed by atoms with Crippen molar-refractivity contribution in [3.63, 3.8) is 0 Å². The summed E-state index contributed by atoms with van der Waals surface area (Å²) in [5.41, 5.74) is 5.98. The summed E-state index contributed by atoms with van der Waals surface area (Å²) in [5, 5.41) is 0. The molecule has 4 nitrogen and oxygen atoms in total. The van der Waals surface area contributed by atoms with Crippen LogP contribution in [0.4, 0.5) is 0 Å². The van der Waals surface area contributed by atoms with E-state index in [9.17, 15) is 4.79 Å². The van der Waals surface area contributed by atoms with Gasteiger partial charge in [0.25, 0.3) is 0 Å². The second-order valence-electron chi connectivity index (χ2n) is 7.78. The molecule has 0 bridgehead atoms. The Morgan fingerprint density at radius 2 is 2.15 bits per heavy atom. The molecule has 0 spiro atoms. The van der Waals surface area contributed by atoms with Gasteiger partial charge in [0.2, 0.25) is 0 Å². The second-order valence-corrected chi connectivity index (χ2v) is 7.78. The third-order valence-corrected chi connectivity index (χ3v) is 5.96. The molecule has 0 aromatic heterocycles. The van der Waals surface area contributed by atoms with Gasteiger partial charge in [0, 0.05) is 5.41 Å². The van der Waals surface area contributed by atoms with Gasteiger partial charge < -0.3 is 15.2 Å². The van der Waals surface area contributed by atoms with Gasteiger partial charge in [-0.3, -0.25) is 4.79 Å². The normalized spacial score (nSPS) is 48.8. The van der Waals surface area contributed by atoms with Crippen LogP contribution in [0.3, 0.4) is 0 Å². The molecule has 0 radical (unpaired) electrons. The lowest BCUT2D eigenvalue weighted by Crippen LogP contribution is -2.29. The van der Waals surface area contributed by atoms with Crippen molar-refractivity contribution in [3.8, 4) is 0 Å². The third kappa shape index (κ3) is 1.92. The highest BCUT2D eigenvalue weighted by Crippen LogP contribution is 2.81. The molecule has 1 heterocycles. The van der Waals surface area contributed by atoms with Crippen LogP contribution in [0.2, 0.25) is 0 Å². The molecule has 3 rings (SSSR count). The molecule has 20 heavy (non-hydrogen) atoms. The number of hydrogen-bond donors (Lipinski definition) is 1. The standard InChI is InChI=1S/C16H27NO3/c1-11-7-14(2)9-16(8-12(18)19-6-4-5-17)10-15(16,3)13(14)20-11/h11,13H,4-10,17H2,1-3H3/t11-,13-,14-,15+,16+/m0/s1. The highest BCUT2D eigenvalue weighted by molar-refractivity contribution is 5.71. The van der Waals surface area contributed by atoms with Crippen molar-refractivity contribution in [1.29, 1.82) is 0 Å². The van der Waals surface area contributed by atoms with E-state index in [1.54, 1.807) is 0 Å². The maximum absolute atomic E-state index is 12.0. The Labute approximate surface area is 121 Å². The number of hydrogen-bond acceptors (Lipinski definition) is 4. The summed E-state index contributed by atoms with van der Waals surface area (Å²) in [6.45, 7) is 7.82. The number of nitrogens with two attached hydrogens (primary N) is 1. The zero-order chi connectivity index (χ0) is 14.6. The molecule has 0 amide bonds. The van der Waals surface area contributed by atoms with Crippen molar-refractivity contribution >= 4 is 5.97 Å². The van der Waals surface area contributed by atoms with Crippen molar-refractivity contribution in [2.45, 2.75) is 65.1 Å². The van der Waals surface area contributed by atoms with Gasteiger partial charge in [0.05, 0.1) is 25.2 Å². The highest BCUT2D eigenvalue weighted by Gasteiger charge is 2.79. The molecular formula is C16H27NO3. The van der Waals surface area contributed by atoms with E-state index in [1.165, 1.54) is 0 Å². The molecule has 114 valence electrons. The van der Waals surface area contributed by atoms with E-state index in [0.29, 0.717) is 31.8 Å². The van der Waals surface area contributed by atoms with Crippen LogP contribution in [0, 0.1) is 16.2 Å². The highest BCUT2D eigenvalue weighted by atomic mass is 16.5. The van der Waals surface area contributed by atoms with E-state index in [4.69, 9.17) is 15.2 Å². The number of fused-ring (bicyclic) bond motifs is 3. The smallest absolute Gasteiger partial charge is 0.306 e. The van der Waals surface area contributed by atoms with E-state index < -0.39 is 0 Å². The molecular weight excluding hydrogens is 254 g/mol. The van der Waals surface area contributed by atoms with Crippen molar-refractivity contribution in [2.75, 3.05) is 13.2 Å². The number of rotatable bonds is 5. The molecule has 3 fully saturated rings. The molecule has 2 aliphatic carbocycles. The Hall–Kier alpha value is -0.610. The Morgan fingerprint density at radius 1 is 1.40 bits per heavy atom. The van der Waals surface area contributed by atoms with E-state index >= 15 is 0 Å². The maximum Gasteiger partial charge on any atom is 0.306 e. The Kier molecular flexibility index (Phi) is 3.18. The van der Waals surface area contributed by atoms with E-state index in [1.807, 2.05) is 0 Å². The summed E-state index contributed by atoms with van der Waals surface area (Å²) in [7, 11) is 0. The molecule has 1 aliphatic heterocycles. The van der Waals surface area contributed by atoms with Crippen molar-refractivity contribution in [2.24, 2.45) is 22.0 Å². The van der Waals surface area contributed by atoms with Crippen LogP contribution in [-0.4, -0.2) is 31.3 Å². The van der Waals surface area contributed by atoms with Crippen LogP contribution in [0.1, 0.15) is 52.9 Å². The van der Waals surface area contributed by atoms with Gasteiger partial charge >= 0.3 is 5.97 Å². The first kappa shape index (κ1) is 14.3. The summed E-state index contributed by atoms with van der Waals surface area (Å²) < 4.78 is 11.5. The Balaban J connectivity index is 1.64. The average molecular weight is 281 g/mol. The van der Waals surface area contributed by atoms with E-state index in [0.717, 1.165) is 25.7 Å². The predicted octanol–water partition coefficient (Wildman–Crippen LogP) is 2.25. The van der Waals surface area contributed by atoms with Gasteiger partial charge in [-0.05, 0) is 50.0 Å². The second kappa shape index (κ2) is 4.44. The van der Waals surface area contributed by atoms with E-state index in [2.05, 4.69) is 20.8 Å². The molecule has 2 N–H and O–H groups in total. The van der Waals surface area contributed by atoms with Gasteiger partial charge in [-0.25, -0.2) is 0 Å². The van der Waals surface area contributed by atoms with Crippen LogP contribution >= 0.6 is 0 Å². The first-order chi connectivity index (χ1) is 9.35. The lowest BCUT2D eigenvalue weighted by molar-refractivity contribution is -0.145. The molecule has 4 heteroatoms. The van der Waals surface area contributed by atoms with Crippen molar-refractivity contribution in [3.05, 3.63) is 0 Å². The van der Waals surface area contributed by atoms with Crippen LogP contribution in [0.15, 0.2) is 0 Å². The SMILES string of the molecule is C[C@H]1C[C@@]2(C)C[C@]3(CC(=O)OCCCN)C[C@]3(C)[C@H]2O1. The number of esters is 1. The molecule has 5 atom stereocenters. The molecule has 0 unspecified atom stereocenters. The fraction of sp³-hybridized carbons (Fsp3) is 0.938. The van der Waals surface area contributed by atoms with Gasteiger partial charge in [-0.15, -0.1) is 0 Å². The van der Waals surface area contributed by atoms with Gasteiger partial charge in [0.15, 0.2) is 0 Å². The Bertz CT molecular complexity index is 426. The minimum absolute atomic E-state index is 0.0567. The third-order valence-electron chi connectivity index (χ3n) is 5.96. The fourth-order valence-corrected chi connectivity index (χ4v) is 5.28. The maximum atomic E-state index is 12.0. The van der Waals surface area contributed by atoms with E-state index in [-0.39, 0.29) is 22.2 Å². The minimum Gasteiger partial charge on any atom is -0.466 e. The van der Waals surface area contributed by atoms with Crippen LogP contribution < -0.4 is 5.73 Å². The van der Waals surface area contributed by atoms with Gasteiger partial charge in [-0.2, -0.15) is 0 Å². The lowest BCUT2D eigenvalue weighted by atomic mass is 9.77. The summed E-state index contributed by atoms with van der Waals surface area (Å²) >= 11 is 0. The largest absolute Gasteiger partial charge is 0.466 e.